The van der Waals surface area contributed by atoms with Crippen LogP contribution in [0.25, 0.3) is 0 Å². The molecule has 1 rings (SSSR count). The highest BCUT2D eigenvalue weighted by Gasteiger charge is 2.11. The van der Waals surface area contributed by atoms with E-state index in [2.05, 4.69) is 19.5 Å². The first-order chi connectivity index (χ1) is 5.24. The summed E-state index contributed by atoms with van der Waals surface area (Å²) < 4.78 is 4.53. The molecule has 0 saturated carbocycles. The van der Waals surface area contributed by atoms with E-state index in [9.17, 15) is 4.79 Å². The van der Waals surface area contributed by atoms with Gasteiger partial charge in [-0.2, -0.15) is 4.98 Å². The number of nitrogens with zero attached hydrogens (tertiary/aromatic N) is 2. The van der Waals surface area contributed by atoms with Gasteiger partial charge < -0.3 is 4.52 Å². The van der Waals surface area contributed by atoms with Gasteiger partial charge in [-0.15, -0.1) is 0 Å². The molecule has 1 N–H and O–H groups in total. The second-order valence-electron chi connectivity index (χ2n) is 1.78. The standard InChI is InChI=1S/C5H7N3O3/c1-3-6-5(11-7-3)4(9)8-10-2/h1-2H3,(H,8,9). The average molecular weight is 157 g/mol. The molecule has 11 heavy (non-hydrogen) atoms. The summed E-state index contributed by atoms with van der Waals surface area (Å²) in [5.41, 5.74) is 2.04. The van der Waals surface area contributed by atoms with Crippen LogP contribution in [0.2, 0.25) is 0 Å². The van der Waals surface area contributed by atoms with E-state index in [1.807, 2.05) is 5.48 Å². The molecule has 1 amide bonds. The van der Waals surface area contributed by atoms with Crippen molar-refractivity contribution < 1.29 is 14.2 Å². The van der Waals surface area contributed by atoms with Crippen molar-refractivity contribution in [2.24, 2.45) is 0 Å². The first kappa shape index (κ1) is 7.67. The minimum Gasteiger partial charge on any atom is -0.328 e. The number of carbonyl (C=O) groups excluding carboxylic acids is 1. The van der Waals surface area contributed by atoms with Crippen molar-refractivity contribution in [3.63, 3.8) is 0 Å². The zero-order chi connectivity index (χ0) is 8.27. The summed E-state index contributed by atoms with van der Waals surface area (Å²) in [4.78, 5) is 18.8. The second-order valence-corrected chi connectivity index (χ2v) is 1.78. The molecular formula is C5H7N3O3. The summed E-state index contributed by atoms with van der Waals surface area (Å²) in [5, 5.41) is 3.42. The molecule has 0 aliphatic rings. The molecule has 0 saturated heterocycles. The Balaban J connectivity index is 2.69. The zero-order valence-electron chi connectivity index (χ0n) is 6.12. The third kappa shape index (κ3) is 1.74. The lowest BCUT2D eigenvalue weighted by Crippen LogP contribution is -2.22. The predicted molar refractivity (Wildman–Crippen MR) is 33.5 cm³/mol. The highest BCUT2D eigenvalue weighted by atomic mass is 16.6. The van der Waals surface area contributed by atoms with Crippen molar-refractivity contribution in [1.29, 1.82) is 0 Å². The summed E-state index contributed by atoms with van der Waals surface area (Å²) in [6.45, 7) is 1.62. The molecule has 1 aromatic heterocycles. The van der Waals surface area contributed by atoms with Crippen LogP contribution in [-0.2, 0) is 4.84 Å². The topological polar surface area (TPSA) is 77.2 Å². The Hall–Kier alpha value is -1.43. The largest absolute Gasteiger partial charge is 0.333 e. The first-order valence-electron chi connectivity index (χ1n) is 2.87. The number of hydroxylamine groups is 1. The summed E-state index contributed by atoms with van der Waals surface area (Å²) in [6.07, 6.45) is 0. The van der Waals surface area contributed by atoms with Gasteiger partial charge in [-0.1, -0.05) is 5.16 Å². The Bertz CT molecular complexity index is 257. The van der Waals surface area contributed by atoms with Crippen LogP contribution in [0.1, 0.15) is 16.5 Å². The van der Waals surface area contributed by atoms with Gasteiger partial charge in [0.25, 0.3) is 0 Å². The van der Waals surface area contributed by atoms with Crippen molar-refractivity contribution in [2.75, 3.05) is 7.11 Å². The van der Waals surface area contributed by atoms with Gasteiger partial charge in [0.05, 0.1) is 7.11 Å². The van der Waals surface area contributed by atoms with Crippen molar-refractivity contribution in [3.05, 3.63) is 11.7 Å². The fourth-order valence-corrected chi connectivity index (χ4v) is 0.526. The number of hydrogen-bond acceptors (Lipinski definition) is 5. The Kier molecular flexibility index (Phi) is 2.17. The molecule has 0 unspecified atom stereocenters. The highest BCUT2D eigenvalue weighted by Crippen LogP contribution is 1.94. The molecule has 0 spiro atoms. The van der Waals surface area contributed by atoms with Crippen LogP contribution in [0.4, 0.5) is 0 Å². The van der Waals surface area contributed by atoms with Gasteiger partial charge >= 0.3 is 11.8 Å². The van der Waals surface area contributed by atoms with Crippen LogP contribution >= 0.6 is 0 Å². The molecule has 60 valence electrons. The molecule has 0 bridgehead atoms. The SMILES string of the molecule is CONC(=O)c1nc(C)no1. The van der Waals surface area contributed by atoms with Gasteiger partial charge in [0, 0.05) is 0 Å². The molecule has 0 aliphatic carbocycles. The molecule has 6 nitrogen and oxygen atoms in total. The normalized spacial score (nSPS) is 9.64. The summed E-state index contributed by atoms with van der Waals surface area (Å²) in [7, 11) is 1.32. The number of aromatic nitrogens is 2. The quantitative estimate of drug-likeness (QED) is 0.594. The minimum absolute atomic E-state index is 0.107. The maximum absolute atomic E-state index is 10.8. The van der Waals surface area contributed by atoms with E-state index in [4.69, 9.17) is 0 Å². The van der Waals surface area contributed by atoms with Crippen molar-refractivity contribution in [1.82, 2.24) is 15.6 Å². The molecular weight excluding hydrogens is 150 g/mol. The van der Waals surface area contributed by atoms with E-state index in [1.165, 1.54) is 7.11 Å². The fraction of sp³-hybridized carbons (Fsp3) is 0.400. The van der Waals surface area contributed by atoms with Gasteiger partial charge in [0.1, 0.15) is 0 Å². The maximum Gasteiger partial charge on any atom is 0.333 e. The van der Waals surface area contributed by atoms with E-state index in [0.29, 0.717) is 5.82 Å². The van der Waals surface area contributed by atoms with Crippen LogP contribution in [-0.4, -0.2) is 23.2 Å². The molecule has 0 fully saturated rings. The molecule has 0 aliphatic heterocycles. The zero-order valence-corrected chi connectivity index (χ0v) is 6.12. The number of aryl methyl sites for hydroxylation is 1. The van der Waals surface area contributed by atoms with Crippen LogP contribution in [0.3, 0.4) is 0 Å². The monoisotopic (exact) mass is 157 g/mol. The van der Waals surface area contributed by atoms with Crippen molar-refractivity contribution in [3.8, 4) is 0 Å². The Labute approximate surface area is 62.5 Å². The van der Waals surface area contributed by atoms with E-state index in [0.717, 1.165) is 0 Å². The number of carbonyl (C=O) groups is 1. The van der Waals surface area contributed by atoms with Crippen LogP contribution in [0.5, 0.6) is 0 Å². The summed E-state index contributed by atoms with van der Waals surface area (Å²) in [6, 6.07) is 0. The van der Waals surface area contributed by atoms with Crippen molar-refractivity contribution >= 4 is 5.91 Å². The summed E-state index contributed by atoms with van der Waals surface area (Å²) >= 11 is 0. The van der Waals surface area contributed by atoms with Gasteiger partial charge in [-0.25, -0.2) is 5.48 Å². The lowest BCUT2D eigenvalue weighted by molar-refractivity contribution is 0.0494. The number of amides is 1. The molecule has 0 radical (unpaired) electrons. The lowest BCUT2D eigenvalue weighted by Gasteiger charge is -1.93. The third-order valence-electron chi connectivity index (χ3n) is 0.917. The molecule has 0 atom stereocenters. The van der Waals surface area contributed by atoms with Crippen LogP contribution in [0, 0.1) is 6.92 Å². The van der Waals surface area contributed by atoms with Crippen LogP contribution in [0.15, 0.2) is 4.52 Å². The molecule has 6 heteroatoms. The fourth-order valence-electron chi connectivity index (χ4n) is 0.526. The average Bonchev–Trinajstić information content (AvgIpc) is 2.36. The van der Waals surface area contributed by atoms with E-state index in [1.54, 1.807) is 6.92 Å². The molecule has 1 heterocycles. The predicted octanol–water partition coefficient (Wildman–Crippen LogP) is -0.331. The minimum atomic E-state index is -0.548. The number of rotatable bonds is 2. The second kappa shape index (κ2) is 3.11. The van der Waals surface area contributed by atoms with E-state index in [-0.39, 0.29) is 5.89 Å². The van der Waals surface area contributed by atoms with E-state index >= 15 is 0 Å². The Morgan fingerprint density at radius 1 is 1.73 bits per heavy atom. The number of nitrogens with one attached hydrogen (secondary N) is 1. The molecule has 1 aromatic rings. The first-order valence-corrected chi connectivity index (χ1v) is 2.87. The Morgan fingerprint density at radius 2 is 2.45 bits per heavy atom. The van der Waals surface area contributed by atoms with E-state index < -0.39 is 5.91 Å². The third-order valence-corrected chi connectivity index (χ3v) is 0.917. The van der Waals surface area contributed by atoms with Crippen molar-refractivity contribution in [2.45, 2.75) is 6.92 Å². The van der Waals surface area contributed by atoms with Gasteiger partial charge in [-0.05, 0) is 6.92 Å². The maximum atomic E-state index is 10.8. The van der Waals surface area contributed by atoms with Gasteiger partial charge in [0.2, 0.25) is 0 Å². The number of hydrogen-bond donors (Lipinski definition) is 1. The molecule has 0 aromatic carbocycles. The van der Waals surface area contributed by atoms with Gasteiger partial charge in [0.15, 0.2) is 5.82 Å². The smallest absolute Gasteiger partial charge is 0.328 e. The highest BCUT2D eigenvalue weighted by molar-refractivity contribution is 5.88. The van der Waals surface area contributed by atoms with Crippen LogP contribution < -0.4 is 5.48 Å². The Morgan fingerprint density at radius 3 is 2.91 bits per heavy atom. The summed E-state index contributed by atoms with van der Waals surface area (Å²) in [5.74, 6) is -0.247. The lowest BCUT2D eigenvalue weighted by atomic mass is 10.6. The van der Waals surface area contributed by atoms with Gasteiger partial charge in [-0.3, -0.25) is 9.63 Å².